The summed E-state index contributed by atoms with van der Waals surface area (Å²) in [6.45, 7) is 0.402. The topological polar surface area (TPSA) is 66.5 Å². The standard InChI is InChI=1S/C18H15BrN2O3/c19-13-7-5-12(6-8-13)11-16(22)20-9-10-21-17(23)14-3-1-2-4-15(14)18(21)24/h1-8H,9-11H2,(H,20,22). The third-order valence-corrected chi connectivity index (χ3v) is 4.34. The first-order valence-electron chi connectivity index (χ1n) is 7.52. The monoisotopic (exact) mass is 386 g/mol. The molecule has 122 valence electrons. The number of rotatable bonds is 5. The van der Waals surface area contributed by atoms with Crippen molar-refractivity contribution in [3.63, 3.8) is 0 Å². The Morgan fingerprint density at radius 1 is 0.958 bits per heavy atom. The maximum absolute atomic E-state index is 12.2. The molecule has 1 N–H and O–H groups in total. The molecule has 24 heavy (non-hydrogen) atoms. The number of nitrogens with zero attached hydrogens (tertiary/aromatic N) is 1. The molecule has 0 saturated heterocycles. The van der Waals surface area contributed by atoms with Crippen LogP contribution in [0.3, 0.4) is 0 Å². The molecule has 3 amide bonds. The Bertz CT molecular complexity index is 767. The van der Waals surface area contributed by atoms with Crippen LogP contribution >= 0.6 is 15.9 Å². The Morgan fingerprint density at radius 2 is 1.54 bits per heavy atom. The summed E-state index contributed by atoms with van der Waals surface area (Å²) in [6.07, 6.45) is 0.259. The predicted molar refractivity (Wildman–Crippen MR) is 92.7 cm³/mol. The smallest absolute Gasteiger partial charge is 0.261 e. The van der Waals surface area contributed by atoms with Crippen LogP contribution in [0.2, 0.25) is 0 Å². The van der Waals surface area contributed by atoms with Gasteiger partial charge in [0.2, 0.25) is 5.91 Å². The van der Waals surface area contributed by atoms with E-state index >= 15 is 0 Å². The quantitative estimate of drug-likeness (QED) is 0.802. The molecule has 0 atom stereocenters. The van der Waals surface area contributed by atoms with Crippen molar-refractivity contribution in [2.45, 2.75) is 6.42 Å². The highest BCUT2D eigenvalue weighted by Gasteiger charge is 2.34. The van der Waals surface area contributed by atoms with Gasteiger partial charge in [0.1, 0.15) is 0 Å². The van der Waals surface area contributed by atoms with Crippen LogP contribution in [-0.4, -0.2) is 35.7 Å². The SMILES string of the molecule is O=C(Cc1ccc(Br)cc1)NCCN1C(=O)c2ccccc2C1=O. The maximum atomic E-state index is 12.2. The Balaban J connectivity index is 1.52. The van der Waals surface area contributed by atoms with E-state index in [0.29, 0.717) is 11.1 Å². The molecule has 3 rings (SSSR count). The van der Waals surface area contributed by atoms with Crippen LogP contribution < -0.4 is 5.32 Å². The van der Waals surface area contributed by atoms with Gasteiger partial charge in [0.25, 0.3) is 11.8 Å². The summed E-state index contributed by atoms with van der Waals surface area (Å²) in [5, 5.41) is 2.74. The molecule has 0 aromatic heterocycles. The lowest BCUT2D eigenvalue weighted by molar-refractivity contribution is -0.120. The molecule has 6 heteroatoms. The van der Waals surface area contributed by atoms with Gasteiger partial charge in [-0.05, 0) is 29.8 Å². The number of benzene rings is 2. The second-order valence-electron chi connectivity index (χ2n) is 5.46. The van der Waals surface area contributed by atoms with Crippen molar-refractivity contribution in [3.05, 3.63) is 69.7 Å². The van der Waals surface area contributed by atoms with E-state index in [9.17, 15) is 14.4 Å². The van der Waals surface area contributed by atoms with Crippen LogP contribution in [0.4, 0.5) is 0 Å². The Hall–Kier alpha value is -2.47. The van der Waals surface area contributed by atoms with Crippen LogP contribution in [0.25, 0.3) is 0 Å². The second-order valence-corrected chi connectivity index (χ2v) is 6.38. The van der Waals surface area contributed by atoms with Crippen molar-refractivity contribution in [2.75, 3.05) is 13.1 Å². The fraction of sp³-hybridized carbons (Fsp3) is 0.167. The molecule has 1 aliphatic rings. The Kier molecular flexibility index (Phi) is 4.76. The molecule has 0 saturated carbocycles. The molecule has 2 aromatic carbocycles. The summed E-state index contributed by atoms with van der Waals surface area (Å²) in [5.74, 6) is -0.760. The number of amides is 3. The molecule has 0 aliphatic carbocycles. The van der Waals surface area contributed by atoms with Gasteiger partial charge < -0.3 is 5.32 Å². The lowest BCUT2D eigenvalue weighted by Crippen LogP contribution is -2.38. The number of carbonyl (C=O) groups is 3. The van der Waals surface area contributed by atoms with Crippen molar-refractivity contribution >= 4 is 33.7 Å². The lowest BCUT2D eigenvalue weighted by Gasteiger charge is -2.14. The molecule has 0 unspecified atom stereocenters. The van der Waals surface area contributed by atoms with E-state index in [0.717, 1.165) is 10.0 Å². The molecular weight excluding hydrogens is 372 g/mol. The molecule has 0 bridgehead atoms. The minimum atomic E-state index is -0.308. The minimum absolute atomic E-state index is 0.145. The highest BCUT2D eigenvalue weighted by Crippen LogP contribution is 2.21. The summed E-state index contributed by atoms with van der Waals surface area (Å²) < 4.78 is 0.956. The molecular formula is C18H15BrN2O3. The third kappa shape index (κ3) is 3.38. The van der Waals surface area contributed by atoms with Gasteiger partial charge in [-0.3, -0.25) is 19.3 Å². The highest BCUT2D eigenvalue weighted by molar-refractivity contribution is 9.10. The van der Waals surface area contributed by atoms with Gasteiger partial charge in [-0.2, -0.15) is 0 Å². The van der Waals surface area contributed by atoms with E-state index in [1.807, 2.05) is 24.3 Å². The lowest BCUT2D eigenvalue weighted by atomic mass is 10.1. The normalized spacial score (nSPS) is 13.1. The zero-order chi connectivity index (χ0) is 17.1. The fourth-order valence-electron chi connectivity index (χ4n) is 2.60. The van der Waals surface area contributed by atoms with Gasteiger partial charge in [-0.25, -0.2) is 0 Å². The molecule has 1 heterocycles. The van der Waals surface area contributed by atoms with Crippen molar-refractivity contribution in [1.82, 2.24) is 10.2 Å². The van der Waals surface area contributed by atoms with Gasteiger partial charge in [-0.1, -0.05) is 40.2 Å². The van der Waals surface area contributed by atoms with E-state index in [-0.39, 0.29) is 37.2 Å². The number of imide groups is 1. The van der Waals surface area contributed by atoms with E-state index in [4.69, 9.17) is 0 Å². The summed E-state index contributed by atoms with van der Waals surface area (Å²) >= 11 is 3.34. The van der Waals surface area contributed by atoms with Gasteiger partial charge in [0.15, 0.2) is 0 Å². The average Bonchev–Trinajstić information content (AvgIpc) is 2.82. The van der Waals surface area contributed by atoms with E-state index < -0.39 is 0 Å². The molecule has 5 nitrogen and oxygen atoms in total. The first-order valence-corrected chi connectivity index (χ1v) is 8.32. The predicted octanol–water partition coefficient (Wildman–Crippen LogP) is 2.40. The van der Waals surface area contributed by atoms with Crippen LogP contribution in [0, 0.1) is 0 Å². The zero-order valence-electron chi connectivity index (χ0n) is 12.8. The third-order valence-electron chi connectivity index (χ3n) is 3.81. The Morgan fingerprint density at radius 3 is 2.12 bits per heavy atom. The van der Waals surface area contributed by atoms with Gasteiger partial charge >= 0.3 is 0 Å². The van der Waals surface area contributed by atoms with Gasteiger partial charge in [0, 0.05) is 17.6 Å². The molecule has 0 fully saturated rings. The number of hydrogen-bond donors (Lipinski definition) is 1. The Labute approximate surface area is 147 Å². The average molecular weight is 387 g/mol. The molecule has 1 aliphatic heterocycles. The number of nitrogens with one attached hydrogen (secondary N) is 1. The fourth-order valence-corrected chi connectivity index (χ4v) is 2.86. The number of fused-ring (bicyclic) bond motifs is 1. The number of hydrogen-bond acceptors (Lipinski definition) is 3. The van der Waals surface area contributed by atoms with Crippen LogP contribution in [0.5, 0.6) is 0 Å². The summed E-state index contributed by atoms with van der Waals surface area (Å²) in [7, 11) is 0. The van der Waals surface area contributed by atoms with E-state index in [2.05, 4.69) is 21.2 Å². The molecule has 0 radical (unpaired) electrons. The zero-order valence-corrected chi connectivity index (χ0v) is 14.4. The van der Waals surface area contributed by atoms with Gasteiger partial charge in [-0.15, -0.1) is 0 Å². The van der Waals surface area contributed by atoms with Crippen molar-refractivity contribution in [2.24, 2.45) is 0 Å². The summed E-state index contributed by atoms with van der Waals surface area (Å²) in [5.41, 5.74) is 1.74. The van der Waals surface area contributed by atoms with Crippen molar-refractivity contribution in [3.8, 4) is 0 Å². The van der Waals surface area contributed by atoms with Crippen LogP contribution in [0.1, 0.15) is 26.3 Å². The van der Waals surface area contributed by atoms with E-state index in [1.165, 1.54) is 4.90 Å². The maximum Gasteiger partial charge on any atom is 0.261 e. The van der Waals surface area contributed by atoms with E-state index in [1.54, 1.807) is 24.3 Å². The second kappa shape index (κ2) is 6.97. The minimum Gasteiger partial charge on any atom is -0.354 e. The first-order chi connectivity index (χ1) is 11.6. The first kappa shape index (κ1) is 16.4. The molecule has 0 spiro atoms. The highest BCUT2D eigenvalue weighted by atomic mass is 79.9. The summed E-state index contributed by atoms with van der Waals surface area (Å²) in [4.78, 5) is 37.5. The summed E-state index contributed by atoms with van der Waals surface area (Å²) in [6, 6.07) is 14.2. The van der Waals surface area contributed by atoms with Gasteiger partial charge in [0.05, 0.1) is 17.5 Å². The molecule has 2 aromatic rings. The van der Waals surface area contributed by atoms with Crippen LogP contribution in [0.15, 0.2) is 53.0 Å². The van der Waals surface area contributed by atoms with Crippen LogP contribution in [-0.2, 0) is 11.2 Å². The van der Waals surface area contributed by atoms with Crippen molar-refractivity contribution < 1.29 is 14.4 Å². The number of halogens is 1. The number of carbonyl (C=O) groups excluding carboxylic acids is 3. The largest absolute Gasteiger partial charge is 0.354 e. The van der Waals surface area contributed by atoms with Crippen molar-refractivity contribution in [1.29, 1.82) is 0 Å².